The lowest BCUT2D eigenvalue weighted by molar-refractivity contribution is -0.119. The molecular weight excluding hydrogens is 184 g/mol. The number of nitrogens with one attached hydrogen (secondary N) is 1. The number of nitrogens with zero attached hydrogens (tertiary/aromatic N) is 1. The number of amides is 1. The van der Waals surface area contributed by atoms with Gasteiger partial charge in [-0.2, -0.15) is 8.42 Å². The van der Waals surface area contributed by atoms with E-state index in [0.717, 1.165) is 0 Å². The Morgan fingerprint density at radius 1 is 1.58 bits per heavy atom. The zero-order chi connectivity index (χ0) is 9.61. The van der Waals surface area contributed by atoms with Gasteiger partial charge in [0.1, 0.15) is 0 Å². The molecule has 68 valence electrons. The predicted octanol–water partition coefficient (Wildman–Crippen LogP) is -1.09. The Hall–Kier alpha value is -1.13. The molecule has 0 aromatic heterocycles. The molecule has 1 amide bonds. The average molecular weight is 192 g/mol. The molecule has 0 rings (SSSR count). The fraction of sp³-hybridized carbons (Fsp3) is 0.600. The van der Waals surface area contributed by atoms with Crippen molar-refractivity contribution in [2.24, 2.45) is 0 Å². The molecule has 0 heterocycles. The van der Waals surface area contributed by atoms with Crippen molar-refractivity contribution in [2.75, 3.05) is 18.8 Å². The monoisotopic (exact) mass is 192 g/mol. The van der Waals surface area contributed by atoms with Gasteiger partial charge in [-0.3, -0.25) is 9.35 Å². The van der Waals surface area contributed by atoms with Crippen LogP contribution >= 0.6 is 0 Å². The van der Waals surface area contributed by atoms with Crippen LogP contribution in [-0.4, -0.2) is 37.7 Å². The van der Waals surface area contributed by atoms with Crippen LogP contribution < -0.4 is 5.32 Å². The maximum absolute atomic E-state index is 10.5. The zero-order valence-corrected chi connectivity index (χ0v) is 6.97. The van der Waals surface area contributed by atoms with Crippen molar-refractivity contribution >= 4 is 16.0 Å². The largest absolute Gasteiger partial charge is 0.349 e. The van der Waals surface area contributed by atoms with Crippen LogP contribution in [-0.2, 0) is 14.9 Å². The summed E-state index contributed by atoms with van der Waals surface area (Å²) in [5.41, 5.74) is 0. The summed E-state index contributed by atoms with van der Waals surface area (Å²) in [6.45, 7) is 5.79. The summed E-state index contributed by atoms with van der Waals surface area (Å²) in [7, 11) is -4.03. The Morgan fingerprint density at radius 2 is 2.17 bits per heavy atom. The summed E-state index contributed by atoms with van der Waals surface area (Å²) in [6.07, 6.45) is 0. The molecule has 0 aromatic rings. The third-order valence-electron chi connectivity index (χ3n) is 0.905. The number of rotatable bonds is 4. The number of carbonyl (C=O) groups is 1. The smallest absolute Gasteiger partial charge is 0.300 e. The molecule has 0 radical (unpaired) electrons. The Bertz CT molecular complexity index is 289. The lowest BCUT2D eigenvalue weighted by atomic mass is 10.6. The number of carbonyl (C=O) groups excluding carboxylic acids is 1. The van der Waals surface area contributed by atoms with Crippen LogP contribution in [0.3, 0.4) is 0 Å². The van der Waals surface area contributed by atoms with Gasteiger partial charge in [-0.25, -0.2) is 6.57 Å². The minimum Gasteiger partial charge on any atom is -0.349 e. The highest BCUT2D eigenvalue weighted by atomic mass is 32.2. The van der Waals surface area contributed by atoms with Crippen molar-refractivity contribution in [3.05, 3.63) is 11.4 Å². The van der Waals surface area contributed by atoms with Crippen LogP contribution in [0.25, 0.3) is 4.85 Å². The van der Waals surface area contributed by atoms with E-state index in [4.69, 9.17) is 11.1 Å². The maximum Gasteiger partial charge on any atom is 0.300 e. The fourth-order valence-corrected chi connectivity index (χ4v) is 0.807. The minimum atomic E-state index is -4.03. The van der Waals surface area contributed by atoms with Crippen molar-refractivity contribution in [2.45, 2.75) is 0 Å². The van der Waals surface area contributed by atoms with Crippen molar-refractivity contribution in [3.8, 4) is 0 Å². The summed E-state index contributed by atoms with van der Waals surface area (Å²) in [6, 6.07) is 0. The Morgan fingerprint density at radius 3 is 2.58 bits per heavy atom. The molecule has 7 heteroatoms. The van der Waals surface area contributed by atoms with Crippen molar-refractivity contribution < 1.29 is 17.8 Å². The van der Waals surface area contributed by atoms with Gasteiger partial charge in [0.05, 0.1) is 5.75 Å². The van der Waals surface area contributed by atoms with E-state index in [1.165, 1.54) is 0 Å². The number of hydrogen-bond acceptors (Lipinski definition) is 3. The van der Waals surface area contributed by atoms with E-state index in [1.807, 2.05) is 0 Å². The van der Waals surface area contributed by atoms with Crippen LogP contribution in [0.1, 0.15) is 0 Å². The molecule has 6 nitrogen and oxygen atoms in total. The SMILES string of the molecule is [C-]#[N+]CC(=O)NCCS(=O)(=O)O. The highest BCUT2D eigenvalue weighted by Crippen LogP contribution is 1.79. The third-order valence-corrected chi connectivity index (χ3v) is 1.62. The molecule has 0 fully saturated rings. The molecule has 0 saturated heterocycles. The topological polar surface area (TPSA) is 87.8 Å². The molecule has 12 heavy (non-hydrogen) atoms. The third kappa shape index (κ3) is 6.98. The van der Waals surface area contributed by atoms with Crippen molar-refractivity contribution in [1.29, 1.82) is 0 Å². The van der Waals surface area contributed by atoms with Crippen LogP contribution in [0.5, 0.6) is 0 Å². The van der Waals surface area contributed by atoms with Gasteiger partial charge in [0, 0.05) is 6.54 Å². The van der Waals surface area contributed by atoms with Crippen LogP contribution in [0.4, 0.5) is 0 Å². The van der Waals surface area contributed by atoms with Crippen molar-refractivity contribution in [1.82, 2.24) is 5.32 Å². The summed E-state index contributed by atoms with van der Waals surface area (Å²) in [5, 5.41) is 2.15. The highest BCUT2D eigenvalue weighted by Gasteiger charge is 2.06. The van der Waals surface area contributed by atoms with E-state index in [0.29, 0.717) is 0 Å². The van der Waals surface area contributed by atoms with Gasteiger partial charge >= 0.3 is 0 Å². The molecule has 0 aliphatic heterocycles. The van der Waals surface area contributed by atoms with E-state index in [1.54, 1.807) is 0 Å². The van der Waals surface area contributed by atoms with Gasteiger partial charge in [0.25, 0.3) is 22.6 Å². The molecule has 0 spiro atoms. The van der Waals surface area contributed by atoms with Gasteiger partial charge in [-0.15, -0.1) is 0 Å². The van der Waals surface area contributed by atoms with Gasteiger partial charge in [-0.05, 0) is 0 Å². The number of hydrogen-bond donors (Lipinski definition) is 2. The molecule has 0 atom stereocenters. The summed E-state index contributed by atoms with van der Waals surface area (Å²) in [5.74, 6) is -1.08. The molecule has 0 aliphatic rings. The first-order chi connectivity index (χ1) is 5.45. The first kappa shape index (κ1) is 10.9. The fourth-order valence-electron chi connectivity index (χ4n) is 0.447. The van der Waals surface area contributed by atoms with E-state index < -0.39 is 21.8 Å². The van der Waals surface area contributed by atoms with Gasteiger partial charge in [-0.1, -0.05) is 0 Å². The van der Waals surface area contributed by atoms with Gasteiger partial charge < -0.3 is 10.2 Å². The van der Waals surface area contributed by atoms with E-state index >= 15 is 0 Å². The Kier molecular flexibility index (Phi) is 4.25. The molecule has 0 unspecified atom stereocenters. The Labute approximate surface area is 70.1 Å². The standard InChI is InChI=1S/C5H8N2O4S/c1-6-4-5(8)7-2-3-12(9,10)11/h2-4H2,(H,7,8)(H,9,10,11). The lowest BCUT2D eigenvalue weighted by Crippen LogP contribution is -2.30. The van der Waals surface area contributed by atoms with E-state index in [2.05, 4.69) is 10.2 Å². The first-order valence-electron chi connectivity index (χ1n) is 3.01. The summed E-state index contributed by atoms with van der Waals surface area (Å²) >= 11 is 0. The molecule has 0 bridgehead atoms. The normalized spacial score (nSPS) is 10.3. The zero-order valence-electron chi connectivity index (χ0n) is 6.15. The molecule has 0 aromatic carbocycles. The maximum atomic E-state index is 10.5. The first-order valence-corrected chi connectivity index (χ1v) is 4.61. The lowest BCUT2D eigenvalue weighted by Gasteiger charge is -1.97. The second-order valence-electron chi connectivity index (χ2n) is 1.95. The summed E-state index contributed by atoms with van der Waals surface area (Å²) < 4.78 is 28.4. The van der Waals surface area contributed by atoms with E-state index in [9.17, 15) is 13.2 Å². The molecule has 0 saturated carbocycles. The molecule has 2 N–H and O–H groups in total. The second kappa shape index (κ2) is 4.69. The van der Waals surface area contributed by atoms with Crippen molar-refractivity contribution in [3.63, 3.8) is 0 Å². The van der Waals surface area contributed by atoms with Gasteiger partial charge in [0.15, 0.2) is 0 Å². The highest BCUT2D eigenvalue weighted by molar-refractivity contribution is 7.85. The summed E-state index contributed by atoms with van der Waals surface area (Å²) in [4.78, 5) is 13.3. The van der Waals surface area contributed by atoms with Gasteiger partial charge in [0.2, 0.25) is 0 Å². The average Bonchev–Trinajstić information content (AvgIpc) is 1.84. The second-order valence-corrected chi connectivity index (χ2v) is 3.52. The Balaban J connectivity index is 3.59. The van der Waals surface area contributed by atoms with Crippen LogP contribution in [0.15, 0.2) is 0 Å². The molecule has 0 aliphatic carbocycles. The van der Waals surface area contributed by atoms with Crippen LogP contribution in [0, 0.1) is 6.57 Å². The minimum absolute atomic E-state index is 0.173. The van der Waals surface area contributed by atoms with E-state index in [-0.39, 0.29) is 13.1 Å². The predicted molar refractivity (Wildman–Crippen MR) is 40.9 cm³/mol. The quantitative estimate of drug-likeness (QED) is 0.437. The molecular formula is C5H8N2O4S. The van der Waals surface area contributed by atoms with Crippen LogP contribution in [0.2, 0.25) is 0 Å².